The summed E-state index contributed by atoms with van der Waals surface area (Å²) in [6.07, 6.45) is 0. The topological polar surface area (TPSA) is 137 Å². The first-order valence-electron chi connectivity index (χ1n) is 7.34. The number of carboxylic acid groups (broad SMARTS) is 1. The van der Waals surface area contributed by atoms with Crippen LogP contribution in [0.15, 0.2) is 63.7 Å². The highest BCUT2D eigenvalue weighted by Gasteiger charge is 2.14. The van der Waals surface area contributed by atoms with Gasteiger partial charge in [0.1, 0.15) is 17.1 Å². The Hall–Kier alpha value is -3.01. The zero-order chi connectivity index (χ0) is 19.8. The molecule has 27 heavy (non-hydrogen) atoms. The van der Waals surface area contributed by atoms with Gasteiger partial charge in [-0.3, -0.25) is 4.55 Å². The van der Waals surface area contributed by atoms with Crippen LogP contribution in [0.3, 0.4) is 0 Å². The molecule has 3 aromatic rings. The van der Waals surface area contributed by atoms with E-state index in [1.807, 2.05) is 0 Å². The molecular weight excluding hydrogens is 396 g/mol. The van der Waals surface area contributed by atoms with Gasteiger partial charge in [-0.2, -0.15) is 8.42 Å². The summed E-state index contributed by atoms with van der Waals surface area (Å²) >= 11 is 5.87. The fraction of sp³-hybridized carbons (Fsp3) is 0. The Morgan fingerprint density at radius 3 is 2.41 bits per heavy atom. The number of hydrogen-bond donors (Lipinski definition) is 3. The molecule has 0 spiro atoms. The van der Waals surface area contributed by atoms with Crippen LogP contribution in [0.5, 0.6) is 5.75 Å². The molecule has 0 aliphatic heterocycles. The lowest BCUT2D eigenvalue weighted by Gasteiger charge is -2.06. The van der Waals surface area contributed by atoms with Gasteiger partial charge in [-0.25, -0.2) is 4.79 Å². The highest BCUT2D eigenvalue weighted by Crippen LogP contribution is 2.37. The maximum absolute atomic E-state index is 11.3. The van der Waals surface area contributed by atoms with Crippen LogP contribution in [-0.4, -0.2) is 29.2 Å². The third kappa shape index (κ3) is 3.90. The number of rotatable bonds is 4. The molecule has 0 atom stereocenters. The number of aromatic hydroxyl groups is 1. The Morgan fingerprint density at radius 2 is 1.74 bits per heavy atom. The van der Waals surface area contributed by atoms with E-state index in [4.69, 9.17) is 16.2 Å². The van der Waals surface area contributed by atoms with Gasteiger partial charge in [-0.1, -0.05) is 23.7 Å². The Balaban J connectivity index is 2.15. The summed E-state index contributed by atoms with van der Waals surface area (Å²) in [7, 11) is -4.39. The SMILES string of the molecule is O=C(O)c1ccc(Cl)cc1N=Nc1c(O)ccc2cc(S(=O)(=O)O)ccc12. The molecule has 0 radical (unpaired) electrons. The van der Waals surface area contributed by atoms with E-state index < -0.39 is 16.1 Å². The van der Waals surface area contributed by atoms with Crippen LogP contribution in [0.4, 0.5) is 11.4 Å². The molecule has 0 bridgehead atoms. The van der Waals surface area contributed by atoms with Crippen molar-refractivity contribution in [2.75, 3.05) is 0 Å². The maximum atomic E-state index is 11.3. The molecule has 0 aliphatic carbocycles. The minimum absolute atomic E-state index is 0.00528. The number of hydrogen-bond acceptors (Lipinski definition) is 6. The highest BCUT2D eigenvalue weighted by molar-refractivity contribution is 7.85. The summed E-state index contributed by atoms with van der Waals surface area (Å²) in [6, 6.07) is 10.4. The molecule has 3 N–H and O–H groups in total. The minimum atomic E-state index is -4.39. The largest absolute Gasteiger partial charge is 0.506 e. The first kappa shape index (κ1) is 18.8. The molecule has 0 saturated heterocycles. The maximum Gasteiger partial charge on any atom is 0.337 e. The van der Waals surface area contributed by atoms with E-state index in [0.717, 1.165) is 6.07 Å². The van der Waals surface area contributed by atoms with Gasteiger partial charge in [0, 0.05) is 10.4 Å². The molecular formula is C17H11ClN2O6S. The van der Waals surface area contributed by atoms with Crippen molar-refractivity contribution in [3.8, 4) is 5.75 Å². The van der Waals surface area contributed by atoms with Gasteiger partial charge in [0.25, 0.3) is 10.1 Å². The summed E-state index contributed by atoms with van der Waals surface area (Å²) in [4.78, 5) is 11.0. The van der Waals surface area contributed by atoms with E-state index in [2.05, 4.69) is 10.2 Å². The Morgan fingerprint density at radius 1 is 1.00 bits per heavy atom. The van der Waals surface area contributed by atoms with E-state index in [9.17, 15) is 23.4 Å². The van der Waals surface area contributed by atoms with Crippen molar-refractivity contribution in [1.82, 2.24) is 0 Å². The predicted octanol–water partition coefficient (Wildman–Crippen LogP) is 4.56. The number of aromatic carboxylic acids is 1. The molecule has 0 fully saturated rings. The molecule has 0 unspecified atom stereocenters. The van der Waals surface area contributed by atoms with E-state index in [0.29, 0.717) is 10.8 Å². The highest BCUT2D eigenvalue weighted by atomic mass is 35.5. The van der Waals surface area contributed by atoms with Gasteiger partial charge in [0.2, 0.25) is 0 Å². The number of phenols is 1. The fourth-order valence-corrected chi connectivity index (χ4v) is 3.10. The van der Waals surface area contributed by atoms with Gasteiger partial charge < -0.3 is 10.2 Å². The standard InChI is InChI=1S/C17H11ClN2O6S/c18-10-2-4-13(17(22)23)14(8-10)19-20-16-12-5-3-11(27(24,25)26)7-9(12)1-6-15(16)21/h1-8,21H,(H,22,23)(H,24,25,26). The summed E-state index contributed by atoms with van der Waals surface area (Å²) in [5.74, 6) is -1.47. The second kappa shape index (κ2) is 6.95. The zero-order valence-electron chi connectivity index (χ0n) is 13.4. The van der Waals surface area contributed by atoms with Crippen LogP contribution in [0, 0.1) is 0 Å². The lowest BCUT2D eigenvalue weighted by molar-refractivity contribution is 0.0697. The Bertz CT molecular complexity index is 1210. The molecule has 138 valence electrons. The number of phenolic OH excluding ortho intramolecular Hbond substituents is 1. The van der Waals surface area contributed by atoms with Crippen molar-refractivity contribution in [3.63, 3.8) is 0 Å². The van der Waals surface area contributed by atoms with Gasteiger partial charge in [-0.05, 0) is 41.8 Å². The summed E-state index contributed by atoms with van der Waals surface area (Å²) in [5.41, 5.74) is -0.136. The first-order chi connectivity index (χ1) is 12.7. The molecule has 0 saturated carbocycles. The number of azo groups is 1. The van der Waals surface area contributed by atoms with Crippen molar-refractivity contribution in [1.29, 1.82) is 0 Å². The van der Waals surface area contributed by atoms with Gasteiger partial charge in [0.05, 0.1) is 10.5 Å². The molecule has 0 aromatic heterocycles. The smallest absolute Gasteiger partial charge is 0.337 e. The number of halogens is 1. The Kier molecular flexibility index (Phi) is 4.83. The Labute approximate surface area is 158 Å². The second-order valence-electron chi connectivity index (χ2n) is 5.46. The summed E-state index contributed by atoms with van der Waals surface area (Å²) in [5, 5.41) is 28.1. The van der Waals surface area contributed by atoms with E-state index in [1.165, 1.54) is 42.5 Å². The summed E-state index contributed by atoms with van der Waals surface area (Å²) < 4.78 is 31.7. The average molecular weight is 407 g/mol. The van der Waals surface area contributed by atoms with Gasteiger partial charge in [0.15, 0.2) is 0 Å². The number of carboxylic acids is 1. The zero-order valence-corrected chi connectivity index (χ0v) is 14.9. The van der Waals surface area contributed by atoms with Crippen molar-refractivity contribution in [2.45, 2.75) is 4.90 Å². The van der Waals surface area contributed by atoms with Crippen molar-refractivity contribution < 1.29 is 28.0 Å². The number of carbonyl (C=O) groups is 1. The molecule has 10 heteroatoms. The lowest BCUT2D eigenvalue weighted by Crippen LogP contribution is -1.97. The predicted molar refractivity (Wildman–Crippen MR) is 98.0 cm³/mol. The number of benzene rings is 3. The average Bonchev–Trinajstić information content (AvgIpc) is 2.59. The monoisotopic (exact) mass is 406 g/mol. The second-order valence-corrected chi connectivity index (χ2v) is 7.32. The number of nitrogens with zero attached hydrogens (tertiary/aromatic N) is 2. The molecule has 3 rings (SSSR count). The van der Waals surface area contributed by atoms with E-state index >= 15 is 0 Å². The summed E-state index contributed by atoms with van der Waals surface area (Å²) in [6.45, 7) is 0. The van der Waals surface area contributed by atoms with Gasteiger partial charge >= 0.3 is 5.97 Å². The molecule has 0 amide bonds. The normalized spacial score (nSPS) is 11.9. The van der Waals surface area contributed by atoms with Crippen molar-refractivity contribution >= 4 is 49.8 Å². The third-order valence-corrected chi connectivity index (χ3v) is 4.77. The van der Waals surface area contributed by atoms with E-state index in [1.54, 1.807) is 0 Å². The van der Waals surface area contributed by atoms with Crippen molar-refractivity contribution in [3.05, 3.63) is 59.1 Å². The van der Waals surface area contributed by atoms with Crippen LogP contribution >= 0.6 is 11.6 Å². The van der Waals surface area contributed by atoms with Crippen LogP contribution < -0.4 is 0 Å². The lowest BCUT2D eigenvalue weighted by atomic mass is 10.1. The van der Waals surface area contributed by atoms with Crippen LogP contribution in [0.25, 0.3) is 10.8 Å². The first-order valence-corrected chi connectivity index (χ1v) is 9.16. The molecule has 0 heterocycles. The van der Waals surface area contributed by atoms with Crippen LogP contribution in [0.1, 0.15) is 10.4 Å². The number of fused-ring (bicyclic) bond motifs is 1. The third-order valence-electron chi connectivity index (χ3n) is 3.69. The van der Waals surface area contributed by atoms with Crippen molar-refractivity contribution in [2.24, 2.45) is 10.2 Å². The van der Waals surface area contributed by atoms with Crippen LogP contribution in [-0.2, 0) is 10.1 Å². The molecule has 3 aromatic carbocycles. The molecule has 8 nitrogen and oxygen atoms in total. The van der Waals surface area contributed by atoms with Crippen LogP contribution in [0.2, 0.25) is 5.02 Å². The molecule has 0 aliphatic rings. The van der Waals surface area contributed by atoms with E-state index in [-0.39, 0.29) is 32.6 Å². The fourth-order valence-electron chi connectivity index (χ4n) is 2.42. The quantitative estimate of drug-likeness (QED) is 0.429. The minimum Gasteiger partial charge on any atom is -0.506 e. The van der Waals surface area contributed by atoms with Gasteiger partial charge in [-0.15, -0.1) is 10.2 Å².